The Kier molecular flexibility index (Phi) is 5.16. The van der Waals surface area contributed by atoms with Crippen LogP contribution in [-0.4, -0.2) is 51.4 Å². The fraction of sp³-hybridized carbons (Fsp3) is 0.517. The molecule has 3 aliphatic carbocycles. The summed E-state index contributed by atoms with van der Waals surface area (Å²) in [7, 11) is 0. The third-order valence-electron chi connectivity index (χ3n) is 9.50. The number of benzene rings is 1. The first-order valence-electron chi connectivity index (χ1n) is 14.1. The molecule has 9 nitrogen and oxygen atoms in total. The zero-order valence-corrected chi connectivity index (χ0v) is 21.7. The molecule has 1 saturated heterocycles. The number of hydrogen-bond acceptors (Lipinski definition) is 6. The van der Waals surface area contributed by atoms with Crippen LogP contribution in [-0.2, 0) is 21.5 Å². The van der Waals surface area contributed by atoms with E-state index in [0.717, 1.165) is 67.6 Å². The number of ether oxygens (including phenoxy) is 1. The largest absolute Gasteiger partial charge is 0.377 e. The van der Waals surface area contributed by atoms with Crippen LogP contribution in [0.1, 0.15) is 73.0 Å². The van der Waals surface area contributed by atoms with Gasteiger partial charge in [0, 0.05) is 22.6 Å². The standard InChI is InChI=1S/C29H31FN6O3/c30-21-13-18(16-1-2-16)3-4-22(21)32-23(37)15-35-25-19-14-20(19)29(7-9-31-10-8-29)24(25)27(38)36-28(35)33-26(34-36)17-5-11-39-12-6-17/h3-5,13,16,19-20,31H,1-2,6-12,14-15H2,(H,32,37)/t19-,20+/m0/s1. The van der Waals surface area contributed by atoms with Gasteiger partial charge in [0.1, 0.15) is 12.4 Å². The van der Waals surface area contributed by atoms with E-state index in [2.05, 4.69) is 15.7 Å². The first-order chi connectivity index (χ1) is 19.0. The van der Waals surface area contributed by atoms with Crippen LogP contribution >= 0.6 is 0 Å². The van der Waals surface area contributed by atoms with E-state index in [0.29, 0.717) is 43.1 Å². The van der Waals surface area contributed by atoms with Crippen LogP contribution < -0.4 is 16.2 Å². The van der Waals surface area contributed by atoms with Crippen molar-refractivity contribution < 1.29 is 13.9 Å². The molecule has 3 aromatic rings. The van der Waals surface area contributed by atoms with E-state index in [1.54, 1.807) is 6.07 Å². The predicted octanol–water partition coefficient (Wildman–Crippen LogP) is 3.09. The second-order valence-corrected chi connectivity index (χ2v) is 11.8. The molecule has 2 saturated carbocycles. The van der Waals surface area contributed by atoms with Gasteiger partial charge in [-0.3, -0.25) is 9.59 Å². The van der Waals surface area contributed by atoms with Crippen molar-refractivity contribution in [2.24, 2.45) is 5.92 Å². The summed E-state index contributed by atoms with van der Waals surface area (Å²) in [6.45, 7) is 2.74. The second kappa shape index (κ2) is 8.56. The molecule has 2 N–H and O–H groups in total. The molecule has 4 heterocycles. The van der Waals surface area contributed by atoms with E-state index in [4.69, 9.17) is 9.72 Å². The highest BCUT2D eigenvalue weighted by Gasteiger charge is 2.63. The van der Waals surface area contributed by atoms with Crippen LogP contribution in [0.2, 0.25) is 0 Å². The SMILES string of the molecule is O=C(Cn1c2c(c(=O)n3nc(C4=CCOCC4)nc13)C1(CCNCC1)[C@@H]1C[C@H]21)Nc1ccc(C2CC2)cc1F. The number of piperidine rings is 1. The Balaban J connectivity index is 1.22. The van der Waals surface area contributed by atoms with E-state index in [9.17, 15) is 14.0 Å². The van der Waals surface area contributed by atoms with Crippen LogP contribution in [0.25, 0.3) is 11.4 Å². The van der Waals surface area contributed by atoms with Gasteiger partial charge in [0.25, 0.3) is 5.56 Å². The normalized spacial score (nSPS) is 24.9. The van der Waals surface area contributed by atoms with Gasteiger partial charge in [0.2, 0.25) is 11.7 Å². The van der Waals surface area contributed by atoms with E-state index < -0.39 is 5.82 Å². The maximum absolute atomic E-state index is 14.9. The van der Waals surface area contributed by atoms with E-state index in [-0.39, 0.29) is 35.0 Å². The molecule has 8 rings (SSSR count). The van der Waals surface area contributed by atoms with Crippen molar-refractivity contribution in [3.8, 4) is 0 Å². The average molecular weight is 531 g/mol. The molecule has 1 amide bonds. The van der Waals surface area contributed by atoms with Gasteiger partial charge < -0.3 is 19.9 Å². The number of anilines is 1. The van der Waals surface area contributed by atoms with Crippen molar-refractivity contribution in [3.05, 3.63) is 63.1 Å². The van der Waals surface area contributed by atoms with Crippen LogP contribution in [0.15, 0.2) is 29.1 Å². The molecular weight excluding hydrogens is 499 g/mol. The monoisotopic (exact) mass is 530 g/mol. The number of nitrogens with one attached hydrogen (secondary N) is 2. The fourth-order valence-electron chi connectivity index (χ4n) is 7.37. The first kappa shape index (κ1) is 23.5. The number of halogens is 1. The van der Waals surface area contributed by atoms with Crippen molar-refractivity contribution >= 4 is 22.9 Å². The molecule has 0 unspecified atom stereocenters. The van der Waals surface area contributed by atoms with Crippen LogP contribution in [0.4, 0.5) is 10.1 Å². The summed E-state index contributed by atoms with van der Waals surface area (Å²) in [5.74, 6) is 1.19. The zero-order chi connectivity index (χ0) is 26.3. The quantitative estimate of drug-likeness (QED) is 0.526. The lowest BCUT2D eigenvalue weighted by Crippen LogP contribution is -2.44. The minimum Gasteiger partial charge on any atom is -0.377 e. The molecule has 1 spiro atoms. The van der Waals surface area contributed by atoms with Crippen LogP contribution in [0.3, 0.4) is 0 Å². The number of aromatic nitrogens is 4. The molecule has 1 aromatic carbocycles. The molecule has 2 aliphatic heterocycles. The van der Waals surface area contributed by atoms with E-state index in [1.165, 1.54) is 10.6 Å². The minimum absolute atomic E-state index is 0.0617. The van der Waals surface area contributed by atoms with Gasteiger partial charge in [-0.15, -0.1) is 5.10 Å². The summed E-state index contributed by atoms with van der Waals surface area (Å²) < 4.78 is 23.6. The molecule has 3 fully saturated rings. The van der Waals surface area contributed by atoms with Gasteiger partial charge in [0.15, 0.2) is 5.82 Å². The zero-order valence-electron chi connectivity index (χ0n) is 21.7. The maximum Gasteiger partial charge on any atom is 0.279 e. The Morgan fingerprint density at radius 1 is 1.26 bits per heavy atom. The lowest BCUT2D eigenvalue weighted by atomic mass is 9.72. The highest BCUT2D eigenvalue weighted by molar-refractivity contribution is 5.91. The molecule has 202 valence electrons. The molecule has 5 aliphatic rings. The Morgan fingerprint density at radius 3 is 2.85 bits per heavy atom. The summed E-state index contributed by atoms with van der Waals surface area (Å²) in [5.41, 5.74) is 3.53. The Labute approximate surface area is 224 Å². The summed E-state index contributed by atoms with van der Waals surface area (Å²) in [6, 6.07) is 5.08. The van der Waals surface area contributed by atoms with Gasteiger partial charge in [-0.25, -0.2) is 4.39 Å². The third kappa shape index (κ3) is 3.64. The number of fused-ring (bicyclic) bond motifs is 6. The number of rotatable bonds is 5. The Bertz CT molecular complexity index is 1610. The van der Waals surface area contributed by atoms with E-state index in [1.807, 2.05) is 16.7 Å². The summed E-state index contributed by atoms with van der Waals surface area (Å²) in [4.78, 5) is 32.3. The molecule has 2 atom stereocenters. The third-order valence-corrected chi connectivity index (χ3v) is 9.50. The van der Waals surface area contributed by atoms with Crippen LogP contribution in [0, 0.1) is 11.7 Å². The number of carbonyl (C=O) groups is 1. The summed E-state index contributed by atoms with van der Waals surface area (Å²) in [5, 5.41) is 10.9. The lowest BCUT2D eigenvalue weighted by Gasteiger charge is -2.36. The smallest absolute Gasteiger partial charge is 0.279 e. The Morgan fingerprint density at radius 2 is 2.10 bits per heavy atom. The van der Waals surface area contributed by atoms with E-state index >= 15 is 0 Å². The second-order valence-electron chi connectivity index (χ2n) is 11.8. The fourth-order valence-corrected chi connectivity index (χ4v) is 7.37. The lowest BCUT2D eigenvalue weighted by molar-refractivity contribution is -0.116. The predicted molar refractivity (Wildman–Crippen MR) is 142 cm³/mol. The maximum atomic E-state index is 14.9. The van der Waals surface area contributed by atoms with Crippen molar-refractivity contribution in [1.29, 1.82) is 0 Å². The molecule has 0 bridgehead atoms. The molecular formula is C29H31FN6O3. The number of nitrogens with zero attached hydrogens (tertiary/aromatic N) is 4. The molecule has 0 radical (unpaired) electrons. The van der Waals surface area contributed by atoms with Crippen molar-refractivity contribution in [2.75, 3.05) is 31.6 Å². The van der Waals surface area contributed by atoms with Gasteiger partial charge in [-0.1, -0.05) is 12.1 Å². The van der Waals surface area contributed by atoms with Crippen molar-refractivity contribution in [3.63, 3.8) is 0 Å². The highest BCUT2D eigenvalue weighted by Crippen LogP contribution is 2.67. The number of hydrogen-bond donors (Lipinski definition) is 2. The number of carbonyl (C=O) groups excluding carboxylic acids is 1. The number of amides is 1. The highest BCUT2D eigenvalue weighted by atomic mass is 19.1. The summed E-state index contributed by atoms with van der Waals surface area (Å²) >= 11 is 0. The van der Waals surface area contributed by atoms with Gasteiger partial charge in [-0.2, -0.15) is 9.50 Å². The van der Waals surface area contributed by atoms with Gasteiger partial charge in [-0.05, 0) is 86.7 Å². The average Bonchev–Trinajstić information content (AvgIpc) is 3.88. The molecule has 39 heavy (non-hydrogen) atoms. The van der Waals surface area contributed by atoms with Crippen molar-refractivity contribution in [2.45, 2.75) is 62.3 Å². The first-order valence-corrected chi connectivity index (χ1v) is 14.1. The van der Waals surface area contributed by atoms with Gasteiger partial charge >= 0.3 is 0 Å². The van der Waals surface area contributed by atoms with Gasteiger partial charge in [0.05, 0.1) is 18.9 Å². The minimum atomic E-state index is -0.421. The van der Waals surface area contributed by atoms with Crippen LogP contribution in [0.5, 0.6) is 0 Å². The molecule has 10 heteroatoms. The topological polar surface area (TPSA) is 103 Å². The summed E-state index contributed by atoms with van der Waals surface area (Å²) in [6.07, 6.45) is 7.61. The molecule has 2 aromatic heterocycles. The van der Waals surface area contributed by atoms with Crippen molar-refractivity contribution in [1.82, 2.24) is 24.5 Å². The Hall–Kier alpha value is -3.37.